The molecule has 90 valence electrons. The topological polar surface area (TPSA) is 37.8 Å². The van der Waals surface area contributed by atoms with Crippen LogP contribution in [-0.4, -0.2) is 23.1 Å². The van der Waals surface area contributed by atoms with E-state index in [0.717, 1.165) is 18.8 Å². The number of rotatable bonds is 6. The molecule has 16 heavy (non-hydrogen) atoms. The van der Waals surface area contributed by atoms with Gasteiger partial charge in [-0.15, -0.1) is 0 Å². The Hall–Kier alpha value is -0.960. The van der Waals surface area contributed by atoms with Crippen LogP contribution in [-0.2, 0) is 0 Å². The first-order chi connectivity index (χ1) is 7.61. The largest absolute Gasteiger partial charge is 0.316 e. The van der Waals surface area contributed by atoms with Crippen LogP contribution in [0.4, 0.5) is 0 Å². The van der Waals surface area contributed by atoms with E-state index in [2.05, 4.69) is 43.0 Å². The van der Waals surface area contributed by atoms with Crippen molar-refractivity contribution in [1.29, 1.82) is 0 Å². The van der Waals surface area contributed by atoms with Gasteiger partial charge in [0.1, 0.15) is 0 Å². The lowest BCUT2D eigenvalue weighted by atomic mass is 9.93. The fourth-order valence-electron chi connectivity index (χ4n) is 1.61. The minimum Gasteiger partial charge on any atom is -0.316 e. The molecule has 0 aliphatic carbocycles. The lowest BCUT2D eigenvalue weighted by Crippen LogP contribution is -2.27. The maximum atomic E-state index is 4.35. The zero-order chi connectivity index (χ0) is 12.0. The summed E-state index contributed by atoms with van der Waals surface area (Å²) in [5.74, 6) is 1.74. The van der Waals surface area contributed by atoms with Crippen molar-refractivity contribution in [3.8, 4) is 0 Å². The quantitative estimate of drug-likeness (QED) is 0.802. The van der Waals surface area contributed by atoms with Crippen molar-refractivity contribution in [2.75, 3.05) is 13.1 Å². The van der Waals surface area contributed by atoms with Crippen molar-refractivity contribution < 1.29 is 0 Å². The number of hydrogen-bond donors (Lipinski definition) is 1. The van der Waals surface area contributed by atoms with Crippen LogP contribution in [0.1, 0.15) is 39.3 Å². The predicted molar refractivity (Wildman–Crippen MR) is 67.3 cm³/mol. The smallest absolute Gasteiger partial charge is 0.0617 e. The van der Waals surface area contributed by atoms with Crippen molar-refractivity contribution in [3.63, 3.8) is 0 Å². The molecule has 0 amide bonds. The predicted octanol–water partition coefficient (Wildman–Crippen LogP) is 2.46. The normalized spacial score (nSPS) is 15.1. The van der Waals surface area contributed by atoms with Gasteiger partial charge in [-0.05, 0) is 24.9 Å². The Bertz CT molecular complexity index is 284. The summed E-state index contributed by atoms with van der Waals surface area (Å²) in [5.41, 5.74) is 1.08. The molecule has 2 atom stereocenters. The molecule has 1 aromatic rings. The first kappa shape index (κ1) is 13.1. The van der Waals surface area contributed by atoms with E-state index in [0.29, 0.717) is 17.8 Å². The Morgan fingerprint density at radius 2 is 1.88 bits per heavy atom. The van der Waals surface area contributed by atoms with E-state index in [-0.39, 0.29) is 0 Å². The molecule has 0 aliphatic heterocycles. The molecule has 0 saturated heterocycles. The van der Waals surface area contributed by atoms with E-state index in [1.807, 2.05) is 6.20 Å². The molecule has 0 saturated carbocycles. The first-order valence-corrected chi connectivity index (χ1v) is 6.08. The molecule has 0 aliphatic rings. The van der Waals surface area contributed by atoms with Crippen LogP contribution < -0.4 is 5.32 Å². The molecule has 2 unspecified atom stereocenters. The van der Waals surface area contributed by atoms with Crippen LogP contribution in [0.2, 0.25) is 0 Å². The molecule has 0 bridgehead atoms. The standard InChI is InChI=1S/C13H23N3/c1-10(2)7-15-8-11(3)12(4)13-9-14-5-6-16-13/h5-6,9-12,15H,7-8H2,1-4H3. The summed E-state index contributed by atoms with van der Waals surface area (Å²) in [4.78, 5) is 8.47. The minimum atomic E-state index is 0.452. The summed E-state index contributed by atoms with van der Waals surface area (Å²) in [6, 6.07) is 0. The van der Waals surface area contributed by atoms with Crippen LogP contribution in [0, 0.1) is 11.8 Å². The second-order valence-electron chi connectivity index (χ2n) is 4.95. The van der Waals surface area contributed by atoms with Gasteiger partial charge in [0.25, 0.3) is 0 Å². The molecule has 0 aromatic carbocycles. The molecule has 0 radical (unpaired) electrons. The fraction of sp³-hybridized carbons (Fsp3) is 0.692. The van der Waals surface area contributed by atoms with Gasteiger partial charge in [0.05, 0.1) is 5.69 Å². The summed E-state index contributed by atoms with van der Waals surface area (Å²) >= 11 is 0. The molecular weight excluding hydrogens is 198 g/mol. The van der Waals surface area contributed by atoms with Crippen LogP contribution in [0.25, 0.3) is 0 Å². The maximum Gasteiger partial charge on any atom is 0.0617 e. The number of aromatic nitrogens is 2. The SMILES string of the molecule is CC(C)CNCC(C)C(C)c1cnccn1. The third-order valence-corrected chi connectivity index (χ3v) is 2.92. The first-order valence-electron chi connectivity index (χ1n) is 6.08. The van der Waals surface area contributed by atoms with Gasteiger partial charge in [0.15, 0.2) is 0 Å². The highest BCUT2D eigenvalue weighted by Crippen LogP contribution is 2.20. The van der Waals surface area contributed by atoms with Gasteiger partial charge in [0, 0.05) is 24.5 Å². The lowest BCUT2D eigenvalue weighted by Gasteiger charge is -2.20. The van der Waals surface area contributed by atoms with Gasteiger partial charge in [-0.2, -0.15) is 0 Å². The Kier molecular flexibility index (Phi) is 5.39. The van der Waals surface area contributed by atoms with Crippen LogP contribution >= 0.6 is 0 Å². The van der Waals surface area contributed by atoms with E-state index in [4.69, 9.17) is 0 Å². The zero-order valence-electron chi connectivity index (χ0n) is 10.8. The highest BCUT2D eigenvalue weighted by Gasteiger charge is 2.15. The van der Waals surface area contributed by atoms with E-state index in [1.54, 1.807) is 12.4 Å². The van der Waals surface area contributed by atoms with Gasteiger partial charge < -0.3 is 5.32 Å². The van der Waals surface area contributed by atoms with Crippen molar-refractivity contribution in [2.24, 2.45) is 11.8 Å². The fourth-order valence-corrected chi connectivity index (χ4v) is 1.61. The van der Waals surface area contributed by atoms with E-state index in [9.17, 15) is 0 Å². The van der Waals surface area contributed by atoms with E-state index < -0.39 is 0 Å². The summed E-state index contributed by atoms with van der Waals surface area (Å²) in [5, 5.41) is 3.49. The second kappa shape index (κ2) is 6.59. The van der Waals surface area contributed by atoms with Gasteiger partial charge in [-0.25, -0.2) is 0 Å². The Morgan fingerprint density at radius 1 is 1.12 bits per heavy atom. The average Bonchev–Trinajstić information content (AvgIpc) is 2.28. The molecule has 0 fully saturated rings. The van der Waals surface area contributed by atoms with Crippen LogP contribution in [0.5, 0.6) is 0 Å². The molecule has 3 nitrogen and oxygen atoms in total. The lowest BCUT2D eigenvalue weighted by molar-refractivity contribution is 0.423. The van der Waals surface area contributed by atoms with Crippen molar-refractivity contribution in [1.82, 2.24) is 15.3 Å². The molecule has 1 heterocycles. The second-order valence-corrected chi connectivity index (χ2v) is 4.95. The van der Waals surface area contributed by atoms with Gasteiger partial charge in [-0.3, -0.25) is 9.97 Å². The van der Waals surface area contributed by atoms with Crippen molar-refractivity contribution in [3.05, 3.63) is 24.3 Å². The molecule has 1 rings (SSSR count). The Balaban J connectivity index is 2.39. The summed E-state index contributed by atoms with van der Waals surface area (Å²) < 4.78 is 0. The van der Waals surface area contributed by atoms with Crippen molar-refractivity contribution >= 4 is 0 Å². The Morgan fingerprint density at radius 3 is 2.44 bits per heavy atom. The van der Waals surface area contributed by atoms with Crippen LogP contribution in [0.15, 0.2) is 18.6 Å². The highest BCUT2D eigenvalue weighted by molar-refractivity contribution is 5.03. The maximum absolute atomic E-state index is 4.35. The molecular formula is C13H23N3. The molecule has 1 N–H and O–H groups in total. The molecule has 1 aromatic heterocycles. The van der Waals surface area contributed by atoms with E-state index in [1.165, 1.54) is 0 Å². The van der Waals surface area contributed by atoms with Gasteiger partial charge >= 0.3 is 0 Å². The third kappa shape index (κ3) is 4.27. The number of nitrogens with one attached hydrogen (secondary N) is 1. The number of nitrogens with zero attached hydrogens (tertiary/aromatic N) is 2. The number of hydrogen-bond acceptors (Lipinski definition) is 3. The van der Waals surface area contributed by atoms with Gasteiger partial charge in [0.2, 0.25) is 0 Å². The van der Waals surface area contributed by atoms with Crippen LogP contribution in [0.3, 0.4) is 0 Å². The average molecular weight is 221 g/mol. The highest BCUT2D eigenvalue weighted by atomic mass is 14.9. The minimum absolute atomic E-state index is 0.452. The van der Waals surface area contributed by atoms with Crippen molar-refractivity contribution in [2.45, 2.75) is 33.6 Å². The van der Waals surface area contributed by atoms with Gasteiger partial charge in [-0.1, -0.05) is 27.7 Å². The van der Waals surface area contributed by atoms with E-state index >= 15 is 0 Å². The summed E-state index contributed by atoms with van der Waals surface area (Å²) in [6.45, 7) is 11.0. The molecule has 0 spiro atoms. The zero-order valence-corrected chi connectivity index (χ0v) is 10.8. The third-order valence-electron chi connectivity index (χ3n) is 2.92. The summed E-state index contributed by atoms with van der Waals surface area (Å²) in [7, 11) is 0. The summed E-state index contributed by atoms with van der Waals surface area (Å²) in [6.07, 6.45) is 5.35. The monoisotopic (exact) mass is 221 g/mol. The Labute approximate surface area is 98.7 Å². The molecule has 3 heteroatoms.